The van der Waals surface area contributed by atoms with Crippen molar-refractivity contribution in [3.8, 4) is 5.69 Å². The summed E-state index contributed by atoms with van der Waals surface area (Å²) in [5.41, 5.74) is 0.567. The molecule has 2 aromatic rings. The summed E-state index contributed by atoms with van der Waals surface area (Å²) in [6.45, 7) is 0. The summed E-state index contributed by atoms with van der Waals surface area (Å²) in [5, 5.41) is 14.5. The van der Waals surface area contributed by atoms with Gasteiger partial charge in [0.25, 0.3) is 5.69 Å². The summed E-state index contributed by atoms with van der Waals surface area (Å²) >= 11 is 0. The van der Waals surface area contributed by atoms with Gasteiger partial charge in [-0.05, 0) is 12.1 Å². The third-order valence-corrected chi connectivity index (χ3v) is 2.78. The Kier molecular flexibility index (Phi) is 3.21. The van der Waals surface area contributed by atoms with Gasteiger partial charge < -0.3 is 0 Å². The zero-order valence-corrected chi connectivity index (χ0v) is 10.7. The molecule has 0 saturated carbocycles. The first-order valence-electron chi connectivity index (χ1n) is 5.13. The molecule has 0 bridgehead atoms. The Morgan fingerprint density at radius 1 is 1.26 bits per heavy atom. The minimum absolute atomic E-state index is 0.0228. The fraction of sp³-hybridized carbons (Fsp3) is 0.100. The maximum atomic E-state index is 11.0. The van der Waals surface area contributed by atoms with Crippen LogP contribution in [0.2, 0.25) is 0 Å². The van der Waals surface area contributed by atoms with E-state index in [1.807, 2.05) is 0 Å². The first-order valence-corrected chi connectivity index (χ1v) is 7.02. The molecule has 0 aliphatic carbocycles. The number of rotatable bonds is 4. The van der Waals surface area contributed by atoms with Crippen molar-refractivity contribution in [2.75, 3.05) is 11.0 Å². The minimum Gasteiger partial charge on any atom is -0.266 e. The van der Waals surface area contributed by atoms with Gasteiger partial charge in [0.2, 0.25) is 10.0 Å². The molecule has 0 unspecified atom stereocenters. The van der Waals surface area contributed by atoms with Gasteiger partial charge in [0.05, 0.1) is 16.9 Å². The zero-order chi connectivity index (χ0) is 14.0. The largest absolute Gasteiger partial charge is 0.269 e. The number of anilines is 1. The molecule has 0 amide bonds. The Morgan fingerprint density at radius 2 is 1.89 bits per heavy atom. The van der Waals surface area contributed by atoms with Crippen LogP contribution in [0.3, 0.4) is 0 Å². The quantitative estimate of drug-likeness (QED) is 0.668. The van der Waals surface area contributed by atoms with Gasteiger partial charge in [0.15, 0.2) is 5.82 Å². The molecule has 1 aromatic heterocycles. The van der Waals surface area contributed by atoms with Crippen LogP contribution in [0.5, 0.6) is 0 Å². The standard InChI is InChI=1S/C10H10N4O4S/c1-19(17,18)12-10-6-7-13(11-10)8-2-4-9(5-3-8)14(15)16/h2-7H,1H3,(H,11,12). The van der Waals surface area contributed by atoms with Gasteiger partial charge in [-0.3, -0.25) is 14.8 Å². The second-order valence-corrected chi connectivity index (χ2v) is 5.54. The molecule has 0 radical (unpaired) electrons. The van der Waals surface area contributed by atoms with E-state index in [-0.39, 0.29) is 11.5 Å². The van der Waals surface area contributed by atoms with Crippen LogP contribution in [0.25, 0.3) is 5.69 Å². The average Bonchev–Trinajstić information content (AvgIpc) is 2.75. The monoisotopic (exact) mass is 282 g/mol. The van der Waals surface area contributed by atoms with Crippen LogP contribution in [0.4, 0.5) is 11.5 Å². The second kappa shape index (κ2) is 4.69. The number of non-ortho nitro benzene ring substituents is 1. The number of hydrogen-bond acceptors (Lipinski definition) is 5. The first kappa shape index (κ1) is 13.0. The molecule has 0 saturated heterocycles. The molecule has 100 valence electrons. The summed E-state index contributed by atoms with van der Waals surface area (Å²) in [5.74, 6) is 0.181. The van der Waals surface area contributed by atoms with Crippen molar-refractivity contribution < 1.29 is 13.3 Å². The molecular formula is C10H10N4O4S. The lowest BCUT2D eigenvalue weighted by molar-refractivity contribution is -0.384. The predicted molar refractivity (Wildman–Crippen MR) is 68.7 cm³/mol. The minimum atomic E-state index is -3.38. The third-order valence-electron chi connectivity index (χ3n) is 2.20. The van der Waals surface area contributed by atoms with E-state index in [4.69, 9.17) is 0 Å². The lowest BCUT2D eigenvalue weighted by Gasteiger charge is -2.01. The van der Waals surface area contributed by atoms with E-state index in [0.29, 0.717) is 5.69 Å². The Labute approximate surface area is 108 Å². The maximum Gasteiger partial charge on any atom is 0.269 e. The smallest absolute Gasteiger partial charge is 0.266 e. The number of hydrogen-bond donors (Lipinski definition) is 1. The highest BCUT2D eigenvalue weighted by atomic mass is 32.2. The van der Waals surface area contributed by atoms with Crippen LogP contribution in [0.1, 0.15) is 0 Å². The van der Waals surface area contributed by atoms with Gasteiger partial charge in [-0.2, -0.15) is 0 Å². The Hall–Kier alpha value is -2.42. The molecule has 0 atom stereocenters. The lowest BCUT2D eigenvalue weighted by Crippen LogP contribution is -2.10. The molecule has 0 aliphatic heterocycles. The van der Waals surface area contributed by atoms with E-state index in [9.17, 15) is 18.5 Å². The van der Waals surface area contributed by atoms with Crippen molar-refractivity contribution in [3.63, 3.8) is 0 Å². The highest BCUT2D eigenvalue weighted by molar-refractivity contribution is 7.92. The number of sulfonamides is 1. The Balaban J connectivity index is 2.25. The normalized spacial score (nSPS) is 11.2. The topological polar surface area (TPSA) is 107 Å². The van der Waals surface area contributed by atoms with E-state index in [1.54, 1.807) is 6.20 Å². The van der Waals surface area contributed by atoms with E-state index < -0.39 is 14.9 Å². The second-order valence-electron chi connectivity index (χ2n) is 3.79. The number of nitrogens with zero attached hydrogens (tertiary/aromatic N) is 3. The van der Waals surface area contributed by atoms with E-state index in [2.05, 4.69) is 9.82 Å². The van der Waals surface area contributed by atoms with Crippen molar-refractivity contribution in [3.05, 3.63) is 46.6 Å². The molecule has 1 heterocycles. The van der Waals surface area contributed by atoms with Crippen molar-refractivity contribution in [2.45, 2.75) is 0 Å². The molecule has 1 aromatic carbocycles. The van der Waals surface area contributed by atoms with Crippen LogP contribution in [0.15, 0.2) is 36.5 Å². The molecule has 0 fully saturated rings. The van der Waals surface area contributed by atoms with E-state index >= 15 is 0 Å². The molecule has 0 aliphatic rings. The Morgan fingerprint density at radius 3 is 2.42 bits per heavy atom. The number of aromatic nitrogens is 2. The van der Waals surface area contributed by atoms with Gasteiger partial charge in [-0.25, -0.2) is 13.1 Å². The van der Waals surface area contributed by atoms with Crippen LogP contribution < -0.4 is 4.72 Å². The molecule has 1 N–H and O–H groups in total. The van der Waals surface area contributed by atoms with Gasteiger partial charge in [0.1, 0.15) is 0 Å². The maximum absolute atomic E-state index is 11.0. The number of nitro groups is 1. The number of nitro benzene ring substituents is 1. The summed E-state index contributed by atoms with van der Waals surface area (Å²) in [7, 11) is -3.38. The molecule has 2 rings (SSSR count). The van der Waals surface area contributed by atoms with Crippen molar-refractivity contribution >= 4 is 21.5 Å². The van der Waals surface area contributed by atoms with Crippen LogP contribution in [-0.2, 0) is 10.0 Å². The van der Waals surface area contributed by atoms with Crippen LogP contribution in [-0.4, -0.2) is 29.4 Å². The van der Waals surface area contributed by atoms with Gasteiger partial charge in [-0.15, -0.1) is 5.10 Å². The first-order chi connectivity index (χ1) is 8.85. The van der Waals surface area contributed by atoms with Gasteiger partial charge in [-0.1, -0.05) is 0 Å². The van der Waals surface area contributed by atoms with Gasteiger partial charge >= 0.3 is 0 Å². The average molecular weight is 282 g/mol. The van der Waals surface area contributed by atoms with Crippen LogP contribution in [0, 0.1) is 10.1 Å². The van der Waals surface area contributed by atoms with Crippen LogP contribution >= 0.6 is 0 Å². The Bertz CT molecular complexity index is 705. The fourth-order valence-electron chi connectivity index (χ4n) is 1.44. The summed E-state index contributed by atoms with van der Waals surface area (Å²) in [4.78, 5) is 10.0. The van der Waals surface area contributed by atoms with Gasteiger partial charge in [0, 0.05) is 24.4 Å². The zero-order valence-electron chi connectivity index (χ0n) is 9.85. The summed E-state index contributed by atoms with van der Waals surface area (Å²) in [6.07, 6.45) is 2.58. The SMILES string of the molecule is CS(=O)(=O)Nc1ccn(-c2ccc([N+](=O)[O-])cc2)n1. The molecule has 8 nitrogen and oxygen atoms in total. The summed E-state index contributed by atoms with van der Waals surface area (Å²) in [6, 6.07) is 7.23. The van der Waals surface area contributed by atoms with Crippen molar-refractivity contribution in [2.24, 2.45) is 0 Å². The van der Waals surface area contributed by atoms with Crippen molar-refractivity contribution in [1.29, 1.82) is 0 Å². The van der Waals surface area contributed by atoms with Crippen molar-refractivity contribution in [1.82, 2.24) is 9.78 Å². The third kappa shape index (κ3) is 3.28. The van der Waals surface area contributed by atoms with E-state index in [0.717, 1.165) is 6.26 Å². The molecule has 0 spiro atoms. The number of benzene rings is 1. The highest BCUT2D eigenvalue weighted by Crippen LogP contribution is 2.16. The molecule has 19 heavy (non-hydrogen) atoms. The summed E-state index contributed by atoms with van der Waals surface area (Å²) < 4.78 is 25.7. The predicted octanol–water partition coefficient (Wildman–Crippen LogP) is 1.15. The number of nitrogens with one attached hydrogen (secondary N) is 1. The highest BCUT2D eigenvalue weighted by Gasteiger charge is 2.08. The fourth-order valence-corrected chi connectivity index (χ4v) is 1.93. The lowest BCUT2D eigenvalue weighted by atomic mass is 10.3. The molecule has 9 heteroatoms. The van der Waals surface area contributed by atoms with E-state index in [1.165, 1.54) is 35.0 Å². The molecular weight excluding hydrogens is 272 g/mol.